The van der Waals surface area contributed by atoms with Crippen LogP contribution in [-0.2, 0) is 6.42 Å². The summed E-state index contributed by atoms with van der Waals surface area (Å²) in [5.41, 5.74) is 11.9. The summed E-state index contributed by atoms with van der Waals surface area (Å²) in [4.78, 5) is 41.6. The molecule has 0 aliphatic rings. The standard InChI is InChI=1S/C28H19ClF2N8O2/c29-21-2-1-3-22-24(21)28(41)39(19-11-16(30)10-17(31)12-19)23(38-22)8-9-34-27-20(25(32)36-14-37-27)7-6-18-5-4-15(13-35-18)26(33)40/h1-5,10-14H,8-9H2,(H2,33,40)(H3,32,34,36,37). The molecule has 0 aliphatic heterocycles. The number of hydrogen-bond donors (Lipinski definition) is 3. The van der Waals surface area contributed by atoms with Crippen LogP contribution in [0.2, 0.25) is 5.02 Å². The van der Waals surface area contributed by atoms with Gasteiger partial charge in [0.25, 0.3) is 5.56 Å². The van der Waals surface area contributed by atoms with E-state index in [0.717, 1.165) is 16.7 Å². The molecule has 204 valence electrons. The quantitative estimate of drug-likeness (QED) is 0.262. The Kier molecular flexibility index (Phi) is 7.53. The predicted molar refractivity (Wildman–Crippen MR) is 150 cm³/mol. The number of nitrogens with one attached hydrogen (secondary N) is 1. The zero-order chi connectivity index (χ0) is 29.1. The highest BCUT2D eigenvalue weighted by molar-refractivity contribution is 6.35. The molecule has 0 bridgehead atoms. The number of carbonyl (C=O) groups is 1. The van der Waals surface area contributed by atoms with E-state index in [4.69, 9.17) is 23.1 Å². The van der Waals surface area contributed by atoms with Gasteiger partial charge in [-0.05, 0) is 42.3 Å². The third kappa shape index (κ3) is 5.80. The van der Waals surface area contributed by atoms with Crippen LogP contribution in [0, 0.1) is 23.5 Å². The Morgan fingerprint density at radius 1 is 1.05 bits per heavy atom. The number of carbonyl (C=O) groups excluding carboxylic acids is 1. The molecule has 0 saturated heterocycles. The van der Waals surface area contributed by atoms with E-state index in [1.54, 1.807) is 12.1 Å². The summed E-state index contributed by atoms with van der Waals surface area (Å²) in [6.45, 7) is 0.174. The van der Waals surface area contributed by atoms with Gasteiger partial charge in [-0.15, -0.1) is 0 Å². The number of nitrogens with zero attached hydrogens (tertiary/aromatic N) is 5. The van der Waals surface area contributed by atoms with Gasteiger partial charge >= 0.3 is 0 Å². The van der Waals surface area contributed by atoms with Gasteiger partial charge in [-0.2, -0.15) is 0 Å². The number of rotatable bonds is 6. The first-order valence-corrected chi connectivity index (χ1v) is 12.4. The molecule has 0 atom stereocenters. The summed E-state index contributed by atoms with van der Waals surface area (Å²) < 4.78 is 29.3. The molecule has 0 fully saturated rings. The maximum atomic E-state index is 14.1. The van der Waals surface area contributed by atoms with Crippen molar-refractivity contribution in [2.75, 3.05) is 17.6 Å². The monoisotopic (exact) mass is 572 g/mol. The number of anilines is 2. The number of aromatic nitrogens is 5. The van der Waals surface area contributed by atoms with Crippen LogP contribution in [0.1, 0.15) is 27.4 Å². The number of hydrogen-bond acceptors (Lipinski definition) is 8. The van der Waals surface area contributed by atoms with Gasteiger partial charge in [0.15, 0.2) is 0 Å². The highest BCUT2D eigenvalue weighted by atomic mass is 35.5. The number of pyridine rings is 1. The molecule has 1 amide bonds. The van der Waals surface area contributed by atoms with Crippen molar-refractivity contribution in [3.05, 3.63) is 111 Å². The van der Waals surface area contributed by atoms with Crippen LogP contribution in [0.15, 0.2) is 65.8 Å². The number of amides is 1. The number of nitrogens with two attached hydrogens (primary N) is 2. The van der Waals surface area contributed by atoms with Crippen LogP contribution >= 0.6 is 11.6 Å². The van der Waals surface area contributed by atoms with Gasteiger partial charge in [0.1, 0.15) is 46.7 Å². The molecule has 10 nitrogen and oxygen atoms in total. The van der Waals surface area contributed by atoms with Crippen LogP contribution in [0.3, 0.4) is 0 Å². The minimum Gasteiger partial charge on any atom is -0.382 e. The Balaban J connectivity index is 1.47. The third-order valence-electron chi connectivity index (χ3n) is 5.90. The van der Waals surface area contributed by atoms with Crippen molar-refractivity contribution in [2.45, 2.75) is 6.42 Å². The summed E-state index contributed by atoms with van der Waals surface area (Å²) in [6.07, 6.45) is 2.69. The van der Waals surface area contributed by atoms with Gasteiger partial charge in [-0.1, -0.05) is 23.6 Å². The molecule has 0 unspecified atom stereocenters. The Hall–Kier alpha value is -5.41. The topological polar surface area (TPSA) is 155 Å². The zero-order valence-electron chi connectivity index (χ0n) is 21.0. The minimum absolute atomic E-state index is 0.0375. The predicted octanol–water partition coefficient (Wildman–Crippen LogP) is 3.24. The van der Waals surface area contributed by atoms with Crippen molar-refractivity contribution in [1.82, 2.24) is 24.5 Å². The Labute approximate surface area is 236 Å². The van der Waals surface area contributed by atoms with Gasteiger partial charge in [-0.3, -0.25) is 14.2 Å². The normalized spacial score (nSPS) is 10.7. The molecule has 5 aromatic rings. The van der Waals surface area contributed by atoms with Gasteiger partial charge in [0.05, 0.1) is 27.2 Å². The smallest absolute Gasteiger partial charge is 0.267 e. The van der Waals surface area contributed by atoms with E-state index >= 15 is 0 Å². The van der Waals surface area contributed by atoms with Crippen molar-refractivity contribution < 1.29 is 13.6 Å². The third-order valence-corrected chi connectivity index (χ3v) is 6.22. The van der Waals surface area contributed by atoms with E-state index in [-0.39, 0.29) is 51.8 Å². The van der Waals surface area contributed by atoms with Gasteiger partial charge in [0, 0.05) is 25.2 Å². The molecule has 41 heavy (non-hydrogen) atoms. The summed E-state index contributed by atoms with van der Waals surface area (Å²) >= 11 is 6.27. The van der Waals surface area contributed by atoms with Crippen LogP contribution < -0.4 is 22.3 Å². The number of primary amides is 1. The first-order chi connectivity index (χ1) is 19.7. The lowest BCUT2D eigenvalue weighted by Gasteiger charge is -2.15. The fraction of sp³-hybridized carbons (Fsp3) is 0.0714. The lowest BCUT2D eigenvalue weighted by molar-refractivity contribution is 0.1000. The Morgan fingerprint density at radius 2 is 1.83 bits per heavy atom. The molecular weight excluding hydrogens is 554 g/mol. The van der Waals surface area contributed by atoms with E-state index in [1.165, 1.54) is 30.7 Å². The van der Waals surface area contributed by atoms with Crippen LogP contribution in [0.5, 0.6) is 0 Å². The fourth-order valence-electron chi connectivity index (χ4n) is 4.03. The highest BCUT2D eigenvalue weighted by Crippen LogP contribution is 2.22. The SMILES string of the molecule is NC(=O)c1ccc(C#Cc2c(N)ncnc2NCCc2nc3cccc(Cl)c3c(=O)n2-c2cc(F)cc(F)c2)nc1. The highest BCUT2D eigenvalue weighted by Gasteiger charge is 2.17. The molecule has 5 N–H and O–H groups in total. The second kappa shape index (κ2) is 11.4. The molecule has 0 radical (unpaired) electrons. The fourth-order valence-corrected chi connectivity index (χ4v) is 4.28. The van der Waals surface area contributed by atoms with Crippen molar-refractivity contribution in [1.29, 1.82) is 0 Å². The van der Waals surface area contributed by atoms with Crippen molar-refractivity contribution in [3.63, 3.8) is 0 Å². The lowest BCUT2D eigenvalue weighted by Crippen LogP contribution is -2.26. The molecule has 3 aromatic heterocycles. The number of nitrogen functional groups attached to an aromatic ring is 1. The summed E-state index contributed by atoms with van der Waals surface area (Å²) in [5.74, 6) is 4.02. The molecule has 3 heterocycles. The zero-order valence-corrected chi connectivity index (χ0v) is 21.8. The second-order valence-corrected chi connectivity index (χ2v) is 9.04. The van der Waals surface area contributed by atoms with E-state index in [0.29, 0.717) is 23.1 Å². The number of fused-ring (bicyclic) bond motifs is 1. The average molecular weight is 573 g/mol. The van der Waals surface area contributed by atoms with Crippen LogP contribution in [-0.4, -0.2) is 37.0 Å². The van der Waals surface area contributed by atoms with Gasteiger partial charge < -0.3 is 16.8 Å². The summed E-state index contributed by atoms with van der Waals surface area (Å²) in [7, 11) is 0. The number of halogens is 3. The molecule has 2 aromatic carbocycles. The summed E-state index contributed by atoms with van der Waals surface area (Å²) in [6, 6.07) is 10.6. The van der Waals surface area contributed by atoms with Crippen LogP contribution in [0.4, 0.5) is 20.4 Å². The van der Waals surface area contributed by atoms with E-state index in [1.807, 2.05) is 0 Å². The molecule has 0 spiro atoms. The molecule has 5 rings (SSSR count). The molecule has 13 heteroatoms. The van der Waals surface area contributed by atoms with Crippen LogP contribution in [0.25, 0.3) is 16.6 Å². The van der Waals surface area contributed by atoms with E-state index in [9.17, 15) is 18.4 Å². The molecule has 0 saturated carbocycles. The second-order valence-electron chi connectivity index (χ2n) is 8.64. The molecule has 0 aliphatic carbocycles. The van der Waals surface area contributed by atoms with E-state index in [2.05, 4.69) is 37.1 Å². The largest absolute Gasteiger partial charge is 0.382 e. The number of benzene rings is 2. The van der Waals surface area contributed by atoms with E-state index < -0.39 is 23.1 Å². The average Bonchev–Trinajstić information content (AvgIpc) is 2.92. The maximum absolute atomic E-state index is 14.1. The first-order valence-electron chi connectivity index (χ1n) is 12.0. The van der Waals surface area contributed by atoms with Crippen molar-refractivity contribution in [2.24, 2.45) is 5.73 Å². The Morgan fingerprint density at radius 3 is 2.54 bits per heavy atom. The van der Waals surface area contributed by atoms with Gasteiger partial charge in [0.2, 0.25) is 5.91 Å². The first kappa shape index (κ1) is 27.2. The Bertz CT molecular complexity index is 1910. The lowest BCUT2D eigenvalue weighted by atomic mass is 10.2. The minimum atomic E-state index is -0.853. The van der Waals surface area contributed by atoms with Gasteiger partial charge in [-0.25, -0.2) is 28.7 Å². The van der Waals surface area contributed by atoms with Crippen molar-refractivity contribution in [3.8, 4) is 17.5 Å². The maximum Gasteiger partial charge on any atom is 0.267 e. The molecular formula is C28H19ClF2N8O2. The van der Waals surface area contributed by atoms with Crippen molar-refractivity contribution >= 4 is 40.0 Å². The summed E-state index contributed by atoms with van der Waals surface area (Å²) in [5, 5.41) is 3.38.